The second kappa shape index (κ2) is 14.6. The van der Waals surface area contributed by atoms with Gasteiger partial charge in [0.1, 0.15) is 6.04 Å². The lowest BCUT2D eigenvalue weighted by molar-refractivity contribution is -0.138. The highest BCUT2D eigenvalue weighted by molar-refractivity contribution is 5.91. The van der Waals surface area contributed by atoms with Gasteiger partial charge in [0.15, 0.2) is 0 Å². The maximum absolute atomic E-state index is 13.5. The molecule has 2 aromatic carbocycles. The van der Waals surface area contributed by atoms with Crippen LogP contribution in [0.5, 0.6) is 0 Å². The number of anilines is 1. The number of rotatable bonds is 10. The Labute approximate surface area is 237 Å². The lowest BCUT2D eigenvalue weighted by Crippen LogP contribution is -2.55. The van der Waals surface area contributed by atoms with Crippen molar-refractivity contribution in [2.24, 2.45) is 5.92 Å². The monoisotopic (exact) mass is 543 g/mol. The van der Waals surface area contributed by atoms with Crippen LogP contribution in [0.25, 0.3) is 0 Å². The summed E-state index contributed by atoms with van der Waals surface area (Å²) in [5.41, 5.74) is 3.47. The highest BCUT2D eigenvalue weighted by atomic mass is 16.2. The van der Waals surface area contributed by atoms with Crippen LogP contribution in [0.4, 0.5) is 5.69 Å². The van der Waals surface area contributed by atoms with Crippen molar-refractivity contribution in [1.82, 2.24) is 15.1 Å². The summed E-state index contributed by atoms with van der Waals surface area (Å²) in [7, 11) is 0. The van der Waals surface area contributed by atoms with E-state index in [1.807, 2.05) is 53.4 Å². The largest absolute Gasteiger partial charge is 0.344 e. The molecule has 3 amide bonds. The Kier molecular flexibility index (Phi) is 10.7. The van der Waals surface area contributed by atoms with Crippen molar-refractivity contribution in [3.05, 3.63) is 65.2 Å². The van der Waals surface area contributed by atoms with Crippen LogP contribution in [0.2, 0.25) is 0 Å². The molecule has 1 saturated carbocycles. The third-order valence-electron chi connectivity index (χ3n) is 8.00. The van der Waals surface area contributed by atoms with Crippen molar-refractivity contribution in [3.63, 3.8) is 0 Å². The number of benzene rings is 2. The van der Waals surface area contributed by atoms with Gasteiger partial charge in [-0.25, -0.2) is 0 Å². The summed E-state index contributed by atoms with van der Waals surface area (Å²) in [6.45, 7) is 5.24. The first kappa shape index (κ1) is 29.3. The normalized spacial score (nSPS) is 17.1. The molecular weight excluding hydrogens is 502 g/mol. The van der Waals surface area contributed by atoms with Crippen molar-refractivity contribution in [2.45, 2.75) is 70.9 Å². The van der Waals surface area contributed by atoms with Gasteiger partial charge in [0.05, 0.1) is 11.6 Å². The second-order valence-electron chi connectivity index (χ2n) is 11.0. The Morgan fingerprint density at radius 2 is 1.55 bits per heavy atom. The number of nitrogens with zero attached hydrogens (tertiary/aromatic N) is 3. The Morgan fingerprint density at radius 3 is 2.17 bits per heavy atom. The number of carbonyl (C=O) groups is 3. The molecule has 0 bridgehead atoms. The Balaban J connectivity index is 1.30. The number of hydrogen-bond acceptors (Lipinski definition) is 5. The van der Waals surface area contributed by atoms with Crippen LogP contribution in [0.3, 0.4) is 0 Å². The topological polar surface area (TPSA) is 106 Å². The van der Waals surface area contributed by atoms with Crippen molar-refractivity contribution < 1.29 is 14.4 Å². The quantitative estimate of drug-likeness (QED) is 0.466. The van der Waals surface area contributed by atoms with Crippen LogP contribution in [0, 0.1) is 17.2 Å². The minimum atomic E-state index is -0.635. The highest BCUT2D eigenvalue weighted by Gasteiger charge is 2.29. The van der Waals surface area contributed by atoms with E-state index >= 15 is 0 Å². The van der Waals surface area contributed by atoms with Crippen LogP contribution in [-0.4, -0.2) is 59.7 Å². The molecule has 1 saturated heterocycles. The number of nitriles is 1. The molecule has 1 atom stereocenters. The minimum absolute atomic E-state index is 0.0567. The lowest BCUT2D eigenvalue weighted by Gasteiger charge is -2.36. The van der Waals surface area contributed by atoms with Crippen LogP contribution < -0.4 is 10.6 Å². The van der Waals surface area contributed by atoms with E-state index in [1.54, 1.807) is 6.92 Å². The number of piperazine rings is 1. The van der Waals surface area contributed by atoms with E-state index in [9.17, 15) is 14.4 Å². The third kappa shape index (κ3) is 8.65. The lowest BCUT2D eigenvalue weighted by atomic mass is 9.87. The molecule has 212 valence electrons. The van der Waals surface area contributed by atoms with Gasteiger partial charge >= 0.3 is 0 Å². The zero-order chi connectivity index (χ0) is 28.3. The molecule has 0 radical (unpaired) electrons. The van der Waals surface area contributed by atoms with Gasteiger partial charge in [-0.05, 0) is 54.2 Å². The first-order valence-corrected chi connectivity index (χ1v) is 14.6. The number of nitrogens with one attached hydrogen (secondary N) is 2. The average molecular weight is 544 g/mol. The Bertz CT molecular complexity index is 1170. The molecular formula is C32H41N5O3. The Morgan fingerprint density at radius 1 is 0.900 bits per heavy atom. The van der Waals surface area contributed by atoms with Gasteiger partial charge in [-0.3, -0.25) is 19.3 Å². The first-order valence-electron chi connectivity index (χ1n) is 14.6. The SMILES string of the molecule is CCC(=O)N[C@H](Cc1ccc(NC(=O)CC2CCCCC2)cc1)C(=O)N1CCN(Cc2ccc(C#N)cc2)CC1. The van der Waals surface area contributed by atoms with Gasteiger partial charge in [0.2, 0.25) is 17.7 Å². The van der Waals surface area contributed by atoms with E-state index in [2.05, 4.69) is 21.6 Å². The van der Waals surface area contributed by atoms with Crippen LogP contribution >= 0.6 is 0 Å². The standard InChI is InChI=1S/C32H41N5O3/c1-2-30(38)35-29(20-25-12-14-28(15-13-25)34-31(39)21-24-6-4-3-5-7-24)32(40)37-18-16-36(17-19-37)23-27-10-8-26(22-33)9-11-27/h8-15,24,29H,2-7,16-21,23H2,1H3,(H,34,39)(H,35,38)/t29-/m1/s1. The van der Waals surface area contributed by atoms with E-state index in [0.717, 1.165) is 49.3 Å². The molecule has 8 nitrogen and oxygen atoms in total. The maximum atomic E-state index is 13.5. The smallest absolute Gasteiger partial charge is 0.245 e. The van der Waals surface area contributed by atoms with Crippen molar-refractivity contribution in [3.8, 4) is 6.07 Å². The van der Waals surface area contributed by atoms with Crippen molar-refractivity contribution in [2.75, 3.05) is 31.5 Å². The van der Waals surface area contributed by atoms with Gasteiger partial charge in [0, 0.05) is 57.7 Å². The molecule has 1 aliphatic heterocycles. The Hall–Kier alpha value is -3.70. The molecule has 0 unspecified atom stereocenters. The summed E-state index contributed by atoms with van der Waals surface area (Å²) in [4.78, 5) is 42.4. The summed E-state index contributed by atoms with van der Waals surface area (Å²) in [6, 6.07) is 16.7. The van der Waals surface area contributed by atoms with E-state index in [4.69, 9.17) is 5.26 Å². The molecule has 40 heavy (non-hydrogen) atoms. The highest BCUT2D eigenvalue weighted by Crippen LogP contribution is 2.26. The van der Waals surface area contributed by atoms with Gasteiger partial charge in [-0.15, -0.1) is 0 Å². The molecule has 2 aromatic rings. The second-order valence-corrected chi connectivity index (χ2v) is 11.0. The molecule has 4 rings (SSSR count). The van der Waals surface area contributed by atoms with Gasteiger partial charge in [-0.1, -0.05) is 50.5 Å². The van der Waals surface area contributed by atoms with E-state index < -0.39 is 6.04 Å². The fourth-order valence-corrected chi connectivity index (χ4v) is 5.61. The summed E-state index contributed by atoms with van der Waals surface area (Å²) >= 11 is 0. The summed E-state index contributed by atoms with van der Waals surface area (Å²) in [5, 5.41) is 14.9. The fourth-order valence-electron chi connectivity index (χ4n) is 5.61. The summed E-state index contributed by atoms with van der Waals surface area (Å²) in [5.74, 6) is 0.329. The number of amides is 3. The van der Waals surface area contributed by atoms with Crippen LogP contribution in [0.1, 0.15) is 68.6 Å². The van der Waals surface area contributed by atoms with E-state index in [0.29, 0.717) is 43.8 Å². The fraction of sp³-hybridized carbons (Fsp3) is 0.500. The number of hydrogen-bond donors (Lipinski definition) is 2. The van der Waals surface area contributed by atoms with E-state index in [1.165, 1.54) is 19.3 Å². The zero-order valence-electron chi connectivity index (χ0n) is 23.5. The van der Waals surface area contributed by atoms with Crippen molar-refractivity contribution >= 4 is 23.4 Å². The third-order valence-corrected chi connectivity index (χ3v) is 8.00. The molecule has 0 spiro atoms. The molecule has 2 aliphatic rings. The number of carbonyl (C=O) groups excluding carboxylic acids is 3. The van der Waals surface area contributed by atoms with Crippen LogP contribution in [-0.2, 0) is 27.3 Å². The molecule has 1 heterocycles. The van der Waals surface area contributed by atoms with E-state index in [-0.39, 0.29) is 17.7 Å². The predicted octanol–water partition coefficient (Wildman–Crippen LogP) is 4.25. The molecule has 0 aromatic heterocycles. The van der Waals surface area contributed by atoms with Crippen LogP contribution in [0.15, 0.2) is 48.5 Å². The molecule has 1 aliphatic carbocycles. The van der Waals surface area contributed by atoms with Gasteiger partial charge in [-0.2, -0.15) is 5.26 Å². The summed E-state index contributed by atoms with van der Waals surface area (Å²) < 4.78 is 0. The first-order chi connectivity index (χ1) is 19.4. The predicted molar refractivity (Wildman–Crippen MR) is 155 cm³/mol. The van der Waals surface area contributed by atoms with Crippen molar-refractivity contribution in [1.29, 1.82) is 5.26 Å². The van der Waals surface area contributed by atoms with Gasteiger partial charge < -0.3 is 15.5 Å². The molecule has 2 N–H and O–H groups in total. The van der Waals surface area contributed by atoms with Gasteiger partial charge in [0.25, 0.3) is 0 Å². The molecule has 8 heteroatoms. The minimum Gasteiger partial charge on any atom is -0.344 e. The zero-order valence-corrected chi connectivity index (χ0v) is 23.5. The maximum Gasteiger partial charge on any atom is 0.245 e. The summed E-state index contributed by atoms with van der Waals surface area (Å²) in [6.07, 6.45) is 7.26. The average Bonchev–Trinajstić information content (AvgIpc) is 2.98. The molecule has 2 fully saturated rings.